The summed E-state index contributed by atoms with van der Waals surface area (Å²) in [6, 6.07) is 19.8. The van der Waals surface area contributed by atoms with E-state index in [1.807, 2.05) is 71.6 Å². The maximum atomic E-state index is 14.3. The Kier molecular flexibility index (Phi) is 16.0. The SMILES string of the molecule is C=CCCCCn1c2ccccc2c(=O)c2cc3c(cc21)c(=O)c1ccccc1n3CCCCCCN(CCCC)C(=O)OC1CC[C@@]2(C)C(=CC[C@H]3[C@@H]4CC[C@H]([C@H](C)CCCC(C)C)[C@@]4(C)CC[C@@H]32)C1. The molecular formula is C64H87N3O4. The van der Waals surface area contributed by atoms with Gasteiger partial charge in [0.15, 0.2) is 10.9 Å². The summed E-state index contributed by atoms with van der Waals surface area (Å²) in [5.41, 5.74) is 5.76. The number of carbonyl (C=O) groups excluding carboxylic acids is 1. The zero-order chi connectivity index (χ0) is 49.9. The normalized spacial score (nSPS) is 25.6. The molecule has 0 bridgehead atoms. The van der Waals surface area contributed by atoms with Crippen LogP contribution in [0.3, 0.4) is 0 Å². The summed E-state index contributed by atoms with van der Waals surface area (Å²) in [5, 5.41) is 2.71. The van der Waals surface area contributed by atoms with Gasteiger partial charge in [-0.3, -0.25) is 9.59 Å². The van der Waals surface area contributed by atoms with Crippen molar-refractivity contribution in [3.05, 3.63) is 105 Å². The molecule has 0 N–H and O–H groups in total. The van der Waals surface area contributed by atoms with Gasteiger partial charge in [-0.25, -0.2) is 4.79 Å². The van der Waals surface area contributed by atoms with Gasteiger partial charge in [0.1, 0.15) is 6.10 Å². The van der Waals surface area contributed by atoms with Crippen molar-refractivity contribution in [2.75, 3.05) is 13.1 Å². The Bertz CT molecular complexity index is 2850. The quantitative estimate of drug-likeness (QED) is 0.0417. The van der Waals surface area contributed by atoms with Crippen LogP contribution in [0.25, 0.3) is 43.6 Å². The molecule has 1 unspecified atom stereocenters. The summed E-state index contributed by atoms with van der Waals surface area (Å²) >= 11 is 0. The van der Waals surface area contributed by atoms with Gasteiger partial charge in [0, 0.05) is 54.1 Å². The second-order valence-electron chi connectivity index (χ2n) is 24.0. The van der Waals surface area contributed by atoms with Crippen LogP contribution in [0.1, 0.15) is 170 Å². The van der Waals surface area contributed by atoms with Crippen LogP contribution >= 0.6 is 0 Å². The summed E-state index contributed by atoms with van der Waals surface area (Å²) in [4.78, 5) is 44.5. The molecule has 71 heavy (non-hydrogen) atoms. The van der Waals surface area contributed by atoms with Crippen molar-refractivity contribution in [1.29, 1.82) is 0 Å². The van der Waals surface area contributed by atoms with Crippen LogP contribution in [0.15, 0.2) is 94.6 Å². The van der Waals surface area contributed by atoms with Gasteiger partial charge in [-0.05, 0) is 166 Å². The number of hydrogen-bond acceptors (Lipinski definition) is 4. The van der Waals surface area contributed by atoms with Crippen molar-refractivity contribution >= 4 is 49.7 Å². The van der Waals surface area contributed by atoms with E-state index in [0.717, 1.165) is 154 Å². The number of allylic oxidation sites excluding steroid dienone is 2. The first kappa shape index (κ1) is 51.3. The van der Waals surface area contributed by atoms with E-state index in [4.69, 9.17) is 4.74 Å². The van der Waals surface area contributed by atoms with Gasteiger partial charge >= 0.3 is 6.09 Å². The molecule has 8 atom stereocenters. The van der Waals surface area contributed by atoms with Crippen LogP contribution in [0.5, 0.6) is 0 Å². The summed E-state index contributed by atoms with van der Waals surface area (Å²) in [5.74, 6) is 4.93. The third-order valence-corrected chi connectivity index (χ3v) is 19.2. The first-order chi connectivity index (χ1) is 34.4. The molecular weight excluding hydrogens is 875 g/mol. The number of carbonyl (C=O) groups is 1. The smallest absolute Gasteiger partial charge is 0.410 e. The predicted octanol–water partition coefficient (Wildman–Crippen LogP) is 16.2. The maximum Gasteiger partial charge on any atom is 0.410 e. The van der Waals surface area contributed by atoms with Crippen molar-refractivity contribution in [1.82, 2.24) is 14.0 Å². The number of aromatic nitrogens is 2. The highest BCUT2D eigenvalue weighted by Crippen LogP contribution is 2.67. The van der Waals surface area contributed by atoms with E-state index < -0.39 is 0 Å². The van der Waals surface area contributed by atoms with Crippen LogP contribution in [-0.2, 0) is 17.8 Å². The molecule has 1 amide bonds. The summed E-state index contributed by atoms with van der Waals surface area (Å²) < 4.78 is 11.0. The number of pyridine rings is 2. The lowest BCUT2D eigenvalue weighted by Crippen LogP contribution is -2.51. The number of rotatable bonds is 21. The highest BCUT2D eigenvalue weighted by atomic mass is 16.6. The van der Waals surface area contributed by atoms with E-state index >= 15 is 0 Å². The Morgan fingerprint density at radius 3 is 2.01 bits per heavy atom. The lowest BCUT2D eigenvalue weighted by Gasteiger charge is -2.58. The maximum absolute atomic E-state index is 14.3. The molecule has 2 aromatic heterocycles. The monoisotopic (exact) mass is 962 g/mol. The average molecular weight is 962 g/mol. The number of nitrogens with zero attached hydrogens (tertiary/aromatic N) is 3. The van der Waals surface area contributed by atoms with Crippen LogP contribution < -0.4 is 10.9 Å². The van der Waals surface area contributed by atoms with Gasteiger partial charge in [-0.1, -0.05) is 122 Å². The van der Waals surface area contributed by atoms with E-state index in [9.17, 15) is 14.4 Å². The Hall–Kier alpha value is -4.65. The molecule has 3 saturated carbocycles. The number of fused-ring (bicyclic) bond motifs is 9. The molecule has 382 valence electrons. The third kappa shape index (κ3) is 10.2. The van der Waals surface area contributed by atoms with Crippen molar-refractivity contribution < 1.29 is 9.53 Å². The molecule has 7 heteroatoms. The van der Waals surface area contributed by atoms with Gasteiger partial charge in [-0.15, -0.1) is 6.58 Å². The number of hydrogen-bond donors (Lipinski definition) is 0. The van der Waals surface area contributed by atoms with Gasteiger partial charge in [0.25, 0.3) is 0 Å². The van der Waals surface area contributed by atoms with Crippen LogP contribution in [0.2, 0.25) is 0 Å². The van der Waals surface area contributed by atoms with E-state index in [0.29, 0.717) is 33.5 Å². The highest BCUT2D eigenvalue weighted by molar-refractivity contribution is 6.03. The second kappa shape index (κ2) is 22.2. The number of benzene rings is 3. The lowest BCUT2D eigenvalue weighted by molar-refractivity contribution is -0.0593. The molecule has 3 fully saturated rings. The van der Waals surface area contributed by atoms with Gasteiger partial charge in [0.05, 0.1) is 22.1 Å². The molecule has 4 aliphatic carbocycles. The van der Waals surface area contributed by atoms with E-state index in [2.05, 4.69) is 63.3 Å². The zero-order valence-corrected chi connectivity index (χ0v) is 44.6. The largest absolute Gasteiger partial charge is 0.446 e. The van der Waals surface area contributed by atoms with E-state index in [-0.39, 0.29) is 28.5 Å². The highest BCUT2D eigenvalue weighted by Gasteiger charge is 2.59. The fourth-order valence-electron chi connectivity index (χ4n) is 15.3. The zero-order valence-electron chi connectivity index (χ0n) is 44.6. The summed E-state index contributed by atoms with van der Waals surface area (Å²) in [7, 11) is 0. The first-order valence-electron chi connectivity index (χ1n) is 28.6. The molecule has 9 rings (SSSR count). The number of ether oxygens (including phenoxy) is 1. The molecule has 0 saturated heterocycles. The average Bonchev–Trinajstić information content (AvgIpc) is 3.73. The Labute approximate surface area is 425 Å². The fourth-order valence-corrected chi connectivity index (χ4v) is 15.3. The fraction of sp³-hybridized carbons (Fsp3) is 0.609. The molecule has 4 aliphatic rings. The molecule has 5 aromatic rings. The van der Waals surface area contributed by atoms with Crippen LogP contribution in [0.4, 0.5) is 4.79 Å². The van der Waals surface area contributed by atoms with E-state index in [1.165, 1.54) is 51.4 Å². The second-order valence-corrected chi connectivity index (χ2v) is 24.0. The number of unbranched alkanes of at least 4 members (excludes halogenated alkanes) is 6. The van der Waals surface area contributed by atoms with Crippen molar-refractivity contribution in [2.24, 2.45) is 46.3 Å². The topological polar surface area (TPSA) is 73.5 Å². The minimum Gasteiger partial charge on any atom is -0.446 e. The van der Waals surface area contributed by atoms with Gasteiger partial charge in [-0.2, -0.15) is 0 Å². The minimum atomic E-state index is -0.128. The summed E-state index contributed by atoms with van der Waals surface area (Å²) in [6.07, 6.45) is 27.1. The van der Waals surface area contributed by atoms with Crippen molar-refractivity contribution in [3.8, 4) is 0 Å². The Balaban J connectivity index is 0.831. The van der Waals surface area contributed by atoms with Crippen LogP contribution in [-0.4, -0.2) is 39.3 Å². The van der Waals surface area contributed by atoms with Gasteiger partial charge in [0.2, 0.25) is 0 Å². The number of aryl methyl sites for hydroxylation is 2. The molecule has 2 heterocycles. The van der Waals surface area contributed by atoms with Crippen LogP contribution in [0, 0.1) is 46.3 Å². The lowest BCUT2D eigenvalue weighted by atomic mass is 9.47. The molecule has 0 spiro atoms. The first-order valence-corrected chi connectivity index (χ1v) is 28.6. The number of para-hydroxylation sites is 2. The molecule has 0 radical (unpaired) electrons. The summed E-state index contributed by atoms with van der Waals surface area (Å²) in [6.45, 7) is 21.6. The third-order valence-electron chi connectivity index (χ3n) is 19.2. The number of amides is 1. The predicted molar refractivity (Wildman–Crippen MR) is 297 cm³/mol. The Morgan fingerprint density at radius 2 is 1.37 bits per heavy atom. The van der Waals surface area contributed by atoms with Gasteiger partial charge < -0.3 is 18.8 Å². The molecule has 7 nitrogen and oxygen atoms in total. The molecule has 3 aromatic carbocycles. The minimum absolute atomic E-state index is 0.00420. The van der Waals surface area contributed by atoms with Crippen molar-refractivity contribution in [3.63, 3.8) is 0 Å². The molecule has 0 aliphatic heterocycles. The van der Waals surface area contributed by atoms with Crippen molar-refractivity contribution in [2.45, 2.75) is 189 Å². The van der Waals surface area contributed by atoms with E-state index in [1.54, 1.807) is 5.57 Å². The standard InChI is InChI=1S/C64H87N3O4/c1-8-10-12-20-39-66-56-27-17-15-25-49(56)60(68)51-43-59-52(42-58(51)66)61(69)50-26-16-18-28-57(50)67(59)40-21-14-13-19-38-65(37-11-9-2)62(70)71-47-33-35-63(6)46(41-47)29-30-48-54-32-31-53(45(5)24-22-23-44(3)4)64(54,7)36-34-55(48)63/h8,15-18,25-29,42-45,47-48,53-55H,1,9-14,19-24,30-41H2,2-7H3/t45-,47?,48+,53-,54+,55+,63+,64-/m1/s1. The Morgan fingerprint density at radius 1 is 0.732 bits per heavy atom.